The van der Waals surface area contributed by atoms with Crippen molar-refractivity contribution in [3.05, 3.63) is 28.8 Å². The molecule has 0 saturated carbocycles. The predicted octanol–water partition coefficient (Wildman–Crippen LogP) is 3.61. The highest BCUT2D eigenvalue weighted by molar-refractivity contribution is 6.32. The van der Waals surface area contributed by atoms with Crippen LogP contribution >= 0.6 is 11.6 Å². The lowest BCUT2D eigenvalue weighted by atomic mass is 10.2. The van der Waals surface area contributed by atoms with Crippen molar-refractivity contribution in [1.29, 1.82) is 0 Å². The Kier molecular flexibility index (Phi) is 5.99. The Balaban J connectivity index is 2.77. The largest absolute Gasteiger partial charge is 0.492 e. The number of benzene rings is 1. The summed E-state index contributed by atoms with van der Waals surface area (Å²) >= 11 is 6.07. The van der Waals surface area contributed by atoms with Crippen LogP contribution in [-0.4, -0.2) is 31.0 Å². The molecule has 18 heavy (non-hydrogen) atoms. The first-order valence-corrected chi connectivity index (χ1v) is 6.65. The first kappa shape index (κ1) is 14.8. The molecule has 0 heterocycles. The molecule has 1 aromatic carbocycles. The van der Waals surface area contributed by atoms with Gasteiger partial charge in [0.15, 0.2) is 0 Å². The van der Waals surface area contributed by atoms with Crippen molar-refractivity contribution in [2.75, 3.05) is 20.2 Å². The van der Waals surface area contributed by atoms with Crippen LogP contribution in [0, 0.1) is 0 Å². The SMILES string of the molecule is CCCCN(C)C(=O)c1ccc(OCC)c(Cl)c1. The topological polar surface area (TPSA) is 29.5 Å². The molecule has 4 heteroatoms. The van der Waals surface area contributed by atoms with Gasteiger partial charge in [-0.05, 0) is 31.5 Å². The quantitative estimate of drug-likeness (QED) is 0.790. The van der Waals surface area contributed by atoms with Crippen molar-refractivity contribution in [2.24, 2.45) is 0 Å². The zero-order valence-electron chi connectivity index (χ0n) is 11.2. The number of carbonyl (C=O) groups excluding carboxylic acids is 1. The molecule has 1 aromatic rings. The average molecular weight is 270 g/mol. The summed E-state index contributed by atoms with van der Waals surface area (Å²) in [4.78, 5) is 13.8. The van der Waals surface area contributed by atoms with E-state index in [1.165, 1.54) is 0 Å². The third kappa shape index (κ3) is 3.91. The van der Waals surface area contributed by atoms with E-state index in [1.54, 1.807) is 23.1 Å². The molecule has 3 nitrogen and oxygen atoms in total. The monoisotopic (exact) mass is 269 g/mol. The molecule has 0 aliphatic rings. The highest BCUT2D eigenvalue weighted by Gasteiger charge is 2.13. The standard InChI is InChI=1S/C14H20ClNO2/c1-4-6-9-16(3)14(17)11-7-8-13(18-5-2)12(15)10-11/h7-8,10H,4-6,9H2,1-3H3. The summed E-state index contributed by atoms with van der Waals surface area (Å²) in [5.41, 5.74) is 0.599. The highest BCUT2D eigenvalue weighted by Crippen LogP contribution is 2.25. The minimum atomic E-state index is -0.00611. The molecular weight excluding hydrogens is 250 g/mol. The molecule has 1 amide bonds. The number of amides is 1. The smallest absolute Gasteiger partial charge is 0.253 e. The van der Waals surface area contributed by atoms with Gasteiger partial charge in [0.25, 0.3) is 5.91 Å². The fraction of sp³-hybridized carbons (Fsp3) is 0.500. The number of nitrogens with zero attached hydrogens (tertiary/aromatic N) is 1. The number of unbranched alkanes of at least 4 members (excludes halogenated alkanes) is 1. The molecule has 0 aliphatic carbocycles. The van der Waals surface area contributed by atoms with E-state index in [9.17, 15) is 4.79 Å². The molecule has 0 unspecified atom stereocenters. The van der Waals surface area contributed by atoms with Gasteiger partial charge in [0, 0.05) is 19.2 Å². The third-order valence-corrected chi connectivity index (χ3v) is 2.97. The Hall–Kier alpha value is -1.22. The van der Waals surface area contributed by atoms with Gasteiger partial charge in [-0.15, -0.1) is 0 Å². The van der Waals surface area contributed by atoms with E-state index >= 15 is 0 Å². The first-order valence-electron chi connectivity index (χ1n) is 6.28. The molecule has 0 radical (unpaired) electrons. The number of carbonyl (C=O) groups is 1. The molecule has 1 rings (SSSR count). The van der Waals surface area contributed by atoms with Gasteiger partial charge >= 0.3 is 0 Å². The van der Waals surface area contributed by atoms with Gasteiger partial charge in [0.1, 0.15) is 5.75 Å². The van der Waals surface area contributed by atoms with Gasteiger partial charge in [-0.25, -0.2) is 0 Å². The number of ether oxygens (including phenoxy) is 1. The van der Waals surface area contributed by atoms with Gasteiger partial charge in [-0.3, -0.25) is 4.79 Å². The van der Waals surface area contributed by atoms with Gasteiger partial charge in [0.2, 0.25) is 0 Å². The van der Waals surface area contributed by atoms with Crippen LogP contribution in [0.2, 0.25) is 5.02 Å². The van der Waals surface area contributed by atoms with Crippen molar-refractivity contribution < 1.29 is 9.53 Å². The van der Waals surface area contributed by atoms with Crippen LogP contribution in [0.4, 0.5) is 0 Å². The second-order valence-electron chi connectivity index (χ2n) is 4.16. The Morgan fingerprint density at radius 1 is 1.39 bits per heavy atom. The first-order chi connectivity index (χ1) is 8.60. The molecule has 0 aromatic heterocycles. The van der Waals surface area contributed by atoms with Gasteiger partial charge < -0.3 is 9.64 Å². The molecule has 0 bridgehead atoms. The van der Waals surface area contributed by atoms with Crippen molar-refractivity contribution in [1.82, 2.24) is 4.90 Å². The normalized spacial score (nSPS) is 10.2. The summed E-state index contributed by atoms with van der Waals surface area (Å²) in [5, 5.41) is 0.478. The summed E-state index contributed by atoms with van der Waals surface area (Å²) in [7, 11) is 1.81. The molecule has 0 saturated heterocycles. The van der Waals surface area contributed by atoms with Crippen LogP contribution in [0.5, 0.6) is 5.75 Å². The van der Waals surface area contributed by atoms with E-state index in [2.05, 4.69) is 6.92 Å². The van der Waals surface area contributed by atoms with Crippen molar-refractivity contribution in [3.8, 4) is 5.75 Å². The zero-order valence-corrected chi connectivity index (χ0v) is 12.0. The van der Waals surface area contributed by atoms with Crippen molar-refractivity contribution >= 4 is 17.5 Å². The fourth-order valence-corrected chi connectivity index (χ4v) is 1.86. The lowest BCUT2D eigenvalue weighted by molar-refractivity contribution is 0.0793. The minimum absolute atomic E-state index is 0.00611. The molecule has 0 N–H and O–H groups in total. The zero-order chi connectivity index (χ0) is 13.5. The lowest BCUT2D eigenvalue weighted by Gasteiger charge is -2.17. The van der Waals surface area contributed by atoms with E-state index in [0.29, 0.717) is 22.9 Å². The summed E-state index contributed by atoms with van der Waals surface area (Å²) < 4.78 is 5.34. The van der Waals surface area contributed by atoms with Crippen molar-refractivity contribution in [3.63, 3.8) is 0 Å². The minimum Gasteiger partial charge on any atom is -0.492 e. The van der Waals surface area contributed by atoms with Crippen LogP contribution in [0.15, 0.2) is 18.2 Å². The van der Waals surface area contributed by atoms with Gasteiger partial charge in [-0.1, -0.05) is 24.9 Å². The number of rotatable bonds is 6. The second-order valence-corrected chi connectivity index (χ2v) is 4.57. The summed E-state index contributed by atoms with van der Waals surface area (Å²) in [6, 6.07) is 5.16. The van der Waals surface area contributed by atoms with Crippen LogP contribution in [0.25, 0.3) is 0 Å². The second kappa shape index (κ2) is 7.27. The Labute approximate surface area is 114 Å². The molecule has 0 aliphatic heterocycles. The Bertz CT molecular complexity index is 407. The Morgan fingerprint density at radius 3 is 2.67 bits per heavy atom. The number of hydrogen-bond donors (Lipinski definition) is 0. The predicted molar refractivity (Wildman–Crippen MR) is 74.5 cm³/mol. The maximum Gasteiger partial charge on any atom is 0.253 e. The molecule has 100 valence electrons. The molecular formula is C14H20ClNO2. The van der Waals surface area contributed by atoms with Crippen LogP contribution in [-0.2, 0) is 0 Å². The van der Waals surface area contributed by atoms with E-state index in [-0.39, 0.29) is 5.91 Å². The maximum atomic E-state index is 12.1. The number of halogens is 1. The van der Waals surface area contributed by atoms with E-state index in [0.717, 1.165) is 19.4 Å². The van der Waals surface area contributed by atoms with E-state index in [4.69, 9.17) is 16.3 Å². The van der Waals surface area contributed by atoms with Crippen LogP contribution in [0.3, 0.4) is 0 Å². The van der Waals surface area contributed by atoms with Gasteiger partial charge in [0.05, 0.1) is 11.6 Å². The van der Waals surface area contributed by atoms with Crippen LogP contribution < -0.4 is 4.74 Å². The number of hydrogen-bond acceptors (Lipinski definition) is 2. The highest BCUT2D eigenvalue weighted by atomic mass is 35.5. The van der Waals surface area contributed by atoms with E-state index < -0.39 is 0 Å². The summed E-state index contributed by atoms with van der Waals surface area (Å²) in [5.74, 6) is 0.611. The van der Waals surface area contributed by atoms with E-state index in [1.807, 2.05) is 14.0 Å². The molecule has 0 atom stereocenters. The maximum absolute atomic E-state index is 12.1. The fourth-order valence-electron chi connectivity index (χ4n) is 1.62. The summed E-state index contributed by atoms with van der Waals surface area (Å²) in [6.07, 6.45) is 2.08. The molecule has 0 fully saturated rings. The van der Waals surface area contributed by atoms with Gasteiger partial charge in [-0.2, -0.15) is 0 Å². The third-order valence-electron chi connectivity index (χ3n) is 2.67. The average Bonchev–Trinajstić information content (AvgIpc) is 2.37. The molecule has 0 spiro atoms. The van der Waals surface area contributed by atoms with Crippen LogP contribution in [0.1, 0.15) is 37.0 Å². The van der Waals surface area contributed by atoms with Crippen molar-refractivity contribution in [2.45, 2.75) is 26.7 Å². The Morgan fingerprint density at radius 2 is 2.11 bits per heavy atom. The summed E-state index contributed by atoms with van der Waals surface area (Å²) in [6.45, 7) is 5.32. The lowest BCUT2D eigenvalue weighted by Crippen LogP contribution is -2.27.